The molecule has 0 radical (unpaired) electrons. The van der Waals surface area contributed by atoms with E-state index in [1.165, 1.54) is 25.7 Å². The highest BCUT2D eigenvalue weighted by Crippen LogP contribution is 2.48. The van der Waals surface area contributed by atoms with Gasteiger partial charge in [-0.05, 0) is 37.1 Å². The van der Waals surface area contributed by atoms with Crippen LogP contribution in [0.15, 0.2) is 144 Å². The number of allylic oxidation sites excluding steroid dienone is 6. The van der Waals surface area contributed by atoms with E-state index in [2.05, 4.69) is 115 Å². The quantitative estimate of drug-likeness (QED) is 0.186. The van der Waals surface area contributed by atoms with Crippen molar-refractivity contribution < 1.29 is 9.15 Å². The highest BCUT2D eigenvalue weighted by Gasteiger charge is 2.38. The van der Waals surface area contributed by atoms with Crippen LogP contribution in [0.4, 0.5) is 0 Å². The summed E-state index contributed by atoms with van der Waals surface area (Å²) in [6.07, 6.45) is 14.7. The van der Waals surface area contributed by atoms with Crippen LogP contribution in [0.3, 0.4) is 0 Å². The summed E-state index contributed by atoms with van der Waals surface area (Å²) < 4.78 is 15.7. The number of furan rings is 1. The number of thiophene rings is 1. The molecule has 0 amide bonds. The Kier molecular flexibility index (Phi) is 6.31. The second-order valence-corrected chi connectivity index (χ2v) is 14.3. The first-order valence-corrected chi connectivity index (χ1v) is 18.2. The minimum atomic E-state index is -0.107. The average molecular weight is 676 g/mol. The molecular weight excluding hydrogens is 647 g/mol. The largest absolute Gasteiger partial charge is 0.485 e. The van der Waals surface area contributed by atoms with Crippen LogP contribution in [0.5, 0.6) is 5.75 Å². The lowest BCUT2D eigenvalue weighted by molar-refractivity contribution is 0.271. The molecule has 1 aliphatic heterocycles. The third-order valence-corrected chi connectivity index (χ3v) is 11.6. The van der Waals surface area contributed by atoms with Crippen molar-refractivity contribution in [2.75, 3.05) is 0 Å². The normalized spacial score (nSPS) is 17.9. The maximum absolute atomic E-state index is 6.79. The van der Waals surface area contributed by atoms with Gasteiger partial charge in [0.1, 0.15) is 23.0 Å². The van der Waals surface area contributed by atoms with Gasteiger partial charge >= 0.3 is 0 Å². The van der Waals surface area contributed by atoms with Gasteiger partial charge in [-0.3, -0.25) is 0 Å². The molecule has 0 N–H and O–H groups in total. The first-order chi connectivity index (χ1) is 25.3. The predicted octanol–water partition coefficient (Wildman–Crippen LogP) is 11.7. The minimum absolute atomic E-state index is 0.00473. The molecule has 6 heteroatoms. The molecule has 4 heterocycles. The molecule has 51 heavy (non-hydrogen) atoms. The molecule has 0 spiro atoms. The third-order valence-electron chi connectivity index (χ3n) is 10.4. The van der Waals surface area contributed by atoms with Crippen molar-refractivity contribution in [3.63, 3.8) is 0 Å². The van der Waals surface area contributed by atoms with Gasteiger partial charge in [-0.2, -0.15) is 0 Å². The summed E-state index contributed by atoms with van der Waals surface area (Å²) in [4.78, 5) is 15.6. The fourth-order valence-electron chi connectivity index (χ4n) is 8.06. The van der Waals surface area contributed by atoms with E-state index >= 15 is 0 Å². The maximum atomic E-state index is 6.79. The van der Waals surface area contributed by atoms with Gasteiger partial charge in [0.05, 0.1) is 5.92 Å². The first-order valence-electron chi connectivity index (χ1n) is 17.4. The number of rotatable bonds is 4. The number of fused-ring (bicyclic) bond motifs is 9. The lowest BCUT2D eigenvalue weighted by atomic mass is 9.84. The van der Waals surface area contributed by atoms with Gasteiger partial charge in [0.15, 0.2) is 17.5 Å². The number of nitrogens with zero attached hydrogens (tertiary/aromatic N) is 3. The second kappa shape index (κ2) is 11.2. The van der Waals surface area contributed by atoms with E-state index in [0.29, 0.717) is 17.5 Å². The number of para-hydroxylation sites is 2. The van der Waals surface area contributed by atoms with Crippen LogP contribution in [-0.2, 0) is 0 Å². The second-order valence-electron chi connectivity index (χ2n) is 13.3. The zero-order valence-electron chi connectivity index (χ0n) is 27.4. The Labute approximate surface area is 297 Å². The van der Waals surface area contributed by atoms with Crippen LogP contribution in [0.1, 0.15) is 36.0 Å². The van der Waals surface area contributed by atoms with Gasteiger partial charge in [-0.1, -0.05) is 115 Å². The summed E-state index contributed by atoms with van der Waals surface area (Å²) in [5.41, 5.74) is 8.03. The lowest BCUT2D eigenvalue weighted by Crippen LogP contribution is -2.21. The fourth-order valence-corrected chi connectivity index (χ4v) is 9.29. The smallest absolute Gasteiger partial charge is 0.164 e. The summed E-state index contributed by atoms with van der Waals surface area (Å²) in [5, 5.41) is 4.58. The molecule has 2 aliphatic carbocycles. The van der Waals surface area contributed by atoms with Crippen LogP contribution in [-0.4, -0.2) is 21.1 Å². The molecule has 0 fully saturated rings. The van der Waals surface area contributed by atoms with E-state index in [9.17, 15) is 0 Å². The molecule has 8 aromatic rings. The SMILES string of the molecule is C1=CC2Oc3ccccc3C2C(c2nc(C3=CCCC=C3)nc(-c3cccc4oc5c(-c6cccc7c6sc6ccccc67)cccc5c34)n2)=C1. The Morgan fingerprint density at radius 1 is 0.667 bits per heavy atom. The van der Waals surface area contributed by atoms with E-state index in [1.54, 1.807) is 0 Å². The molecule has 0 saturated heterocycles. The van der Waals surface area contributed by atoms with E-state index in [1.807, 2.05) is 35.6 Å². The van der Waals surface area contributed by atoms with E-state index < -0.39 is 0 Å². The van der Waals surface area contributed by atoms with Gasteiger partial charge in [-0.15, -0.1) is 11.3 Å². The number of hydrogen-bond donors (Lipinski definition) is 0. The third kappa shape index (κ3) is 4.43. The van der Waals surface area contributed by atoms with Crippen molar-refractivity contribution in [3.8, 4) is 28.3 Å². The van der Waals surface area contributed by atoms with Crippen LogP contribution < -0.4 is 4.74 Å². The fraction of sp³-hybridized carbons (Fsp3) is 0.0889. The molecule has 0 saturated carbocycles. The molecule has 242 valence electrons. The molecule has 2 unspecified atom stereocenters. The van der Waals surface area contributed by atoms with Crippen LogP contribution >= 0.6 is 11.3 Å². The maximum Gasteiger partial charge on any atom is 0.164 e. The Bertz CT molecular complexity index is 2870. The molecule has 0 bridgehead atoms. The standard InChI is InChI=1S/C45H29N3O2S/c1-2-12-26(13-3-1)43-46-44(33-20-10-23-36-39(33)31-15-4-6-22-35(31)49-36)48-45(47-43)34-21-11-24-37-40(34)32-19-8-16-28(41(32)50-37)30-18-9-17-29-27-14-5-7-25-38(27)51-42(29)30/h2,4-25,36,39H,1,3H2. The summed E-state index contributed by atoms with van der Waals surface area (Å²) >= 11 is 1.83. The molecular formula is C45H29N3O2S. The highest BCUT2D eigenvalue weighted by molar-refractivity contribution is 7.26. The van der Waals surface area contributed by atoms with Gasteiger partial charge in [-0.25, -0.2) is 15.0 Å². The first kappa shape index (κ1) is 28.7. The number of benzene rings is 5. The number of ether oxygens (including phenoxy) is 1. The van der Waals surface area contributed by atoms with Crippen molar-refractivity contribution in [2.24, 2.45) is 0 Å². The molecule has 11 rings (SSSR count). The summed E-state index contributed by atoms with van der Waals surface area (Å²) in [6.45, 7) is 0. The van der Waals surface area contributed by atoms with E-state index in [4.69, 9.17) is 24.1 Å². The molecule has 2 atom stereocenters. The molecule has 3 aromatic heterocycles. The minimum Gasteiger partial charge on any atom is -0.485 e. The van der Waals surface area contributed by atoms with E-state index in [0.717, 1.165) is 68.4 Å². The topological polar surface area (TPSA) is 61.0 Å². The van der Waals surface area contributed by atoms with Crippen LogP contribution in [0.2, 0.25) is 0 Å². The van der Waals surface area contributed by atoms with Crippen LogP contribution in [0, 0.1) is 0 Å². The van der Waals surface area contributed by atoms with Gasteiger partial charge in [0, 0.05) is 64.3 Å². The molecule has 5 aromatic carbocycles. The van der Waals surface area contributed by atoms with Gasteiger partial charge in [0.25, 0.3) is 0 Å². The number of hydrogen-bond acceptors (Lipinski definition) is 6. The zero-order valence-corrected chi connectivity index (χ0v) is 28.2. The Balaban J connectivity index is 1.12. The predicted molar refractivity (Wildman–Crippen MR) is 208 cm³/mol. The van der Waals surface area contributed by atoms with Gasteiger partial charge in [0.2, 0.25) is 0 Å². The Morgan fingerprint density at radius 3 is 2.39 bits per heavy atom. The monoisotopic (exact) mass is 675 g/mol. The lowest BCUT2D eigenvalue weighted by Gasteiger charge is -2.22. The molecule has 5 nitrogen and oxygen atoms in total. The van der Waals surface area contributed by atoms with Crippen molar-refractivity contribution in [1.82, 2.24) is 15.0 Å². The number of aromatic nitrogens is 3. The Morgan fingerprint density at radius 2 is 1.45 bits per heavy atom. The zero-order chi connectivity index (χ0) is 33.5. The van der Waals surface area contributed by atoms with Gasteiger partial charge < -0.3 is 9.15 Å². The van der Waals surface area contributed by atoms with Crippen molar-refractivity contribution in [3.05, 3.63) is 157 Å². The summed E-state index contributed by atoms with van der Waals surface area (Å²) in [6, 6.07) is 36.2. The van der Waals surface area contributed by atoms with Crippen molar-refractivity contribution in [1.29, 1.82) is 0 Å². The van der Waals surface area contributed by atoms with Crippen LogP contribution in [0.25, 0.3) is 75.8 Å². The average Bonchev–Trinajstić information content (AvgIpc) is 3.89. The Hall–Kier alpha value is -6.11. The van der Waals surface area contributed by atoms with Crippen molar-refractivity contribution in [2.45, 2.75) is 24.9 Å². The molecule has 3 aliphatic rings. The van der Waals surface area contributed by atoms with E-state index in [-0.39, 0.29) is 12.0 Å². The summed E-state index contributed by atoms with van der Waals surface area (Å²) in [7, 11) is 0. The highest BCUT2D eigenvalue weighted by atomic mass is 32.1. The van der Waals surface area contributed by atoms with Crippen molar-refractivity contribution >= 4 is 64.6 Å². The summed E-state index contributed by atoms with van der Waals surface area (Å²) in [5.74, 6) is 2.87.